The van der Waals surface area contributed by atoms with E-state index < -0.39 is 15.6 Å². The van der Waals surface area contributed by atoms with E-state index in [1.807, 2.05) is 45.9 Å². The van der Waals surface area contributed by atoms with E-state index in [-0.39, 0.29) is 18.5 Å². The molecule has 0 bridgehead atoms. The number of hydrogen-bond donors (Lipinski definition) is 1. The lowest BCUT2D eigenvalue weighted by atomic mass is 9.89. The predicted molar refractivity (Wildman–Crippen MR) is 122 cm³/mol. The quantitative estimate of drug-likeness (QED) is 0.673. The van der Waals surface area contributed by atoms with E-state index in [4.69, 9.17) is 4.74 Å². The van der Waals surface area contributed by atoms with E-state index in [1.54, 1.807) is 18.2 Å². The molecule has 0 radical (unpaired) electrons. The molecule has 8 heteroatoms. The normalized spacial score (nSPS) is 17.6. The Hall–Kier alpha value is -2.06. The first-order valence-electron chi connectivity index (χ1n) is 9.68. The molecule has 0 aromatic heterocycles. The second-order valence-electron chi connectivity index (χ2n) is 8.43. The number of benzene rings is 2. The van der Waals surface area contributed by atoms with Gasteiger partial charge in [-0.05, 0) is 57.5 Å². The summed E-state index contributed by atoms with van der Waals surface area (Å²) in [5.74, 6) is 0.377. The number of nitrogens with zero attached hydrogens (tertiary/aromatic N) is 1. The Morgan fingerprint density at radius 1 is 1.23 bits per heavy atom. The smallest absolute Gasteiger partial charge is 0.241 e. The van der Waals surface area contributed by atoms with Crippen molar-refractivity contribution in [1.29, 1.82) is 0 Å². The maximum absolute atomic E-state index is 12.9. The first-order valence-corrected chi connectivity index (χ1v) is 12.3. The van der Waals surface area contributed by atoms with Crippen LogP contribution in [0.5, 0.6) is 5.75 Å². The van der Waals surface area contributed by atoms with Gasteiger partial charge in [0.2, 0.25) is 15.9 Å². The van der Waals surface area contributed by atoms with Crippen LogP contribution < -0.4 is 14.4 Å². The van der Waals surface area contributed by atoms with Crippen molar-refractivity contribution in [2.45, 2.75) is 45.8 Å². The maximum Gasteiger partial charge on any atom is 0.241 e. The van der Waals surface area contributed by atoms with E-state index in [9.17, 15) is 13.2 Å². The lowest BCUT2D eigenvalue weighted by Crippen LogP contribution is -2.45. The van der Waals surface area contributed by atoms with Gasteiger partial charge in [0, 0.05) is 16.5 Å². The molecular weight excluding hydrogens is 468 g/mol. The highest BCUT2D eigenvalue weighted by molar-refractivity contribution is 9.10. The zero-order chi connectivity index (χ0) is 22.3. The summed E-state index contributed by atoms with van der Waals surface area (Å²) in [5.41, 5.74) is 2.88. The van der Waals surface area contributed by atoms with Crippen LogP contribution in [-0.4, -0.2) is 32.7 Å². The predicted octanol–water partition coefficient (Wildman–Crippen LogP) is 4.25. The standard InChI is InChI=1S/C22H27BrN2O4S/c1-14-6-9-20-17(10-14)19(12-22(3,4)29-20)24-21(26)13-25(30(5,27)28)16-7-8-18(23)15(2)11-16/h6-11,19H,12-13H2,1-5H3,(H,24,26). The number of nitrogens with one attached hydrogen (secondary N) is 1. The van der Waals surface area contributed by atoms with Crippen molar-refractivity contribution in [2.24, 2.45) is 0 Å². The van der Waals surface area contributed by atoms with Crippen molar-refractivity contribution < 1.29 is 17.9 Å². The molecule has 1 amide bonds. The second-order valence-corrected chi connectivity index (χ2v) is 11.2. The van der Waals surface area contributed by atoms with Gasteiger partial charge in [0.1, 0.15) is 17.9 Å². The molecule has 3 rings (SSSR count). The first kappa shape index (κ1) is 22.6. The first-order chi connectivity index (χ1) is 13.9. The molecule has 1 aliphatic rings. The second kappa shape index (κ2) is 8.23. The number of carbonyl (C=O) groups is 1. The van der Waals surface area contributed by atoms with E-state index in [2.05, 4.69) is 21.2 Å². The molecule has 0 fully saturated rings. The van der Waals surface area contributed by atoms with E-state index in [1.165, 1.54) is 0 Å². The molecule has 1 aliphatic heterocycles. The summed E-state index contributed by atoms with van der Waals surface area (Å²) in [7, 11) is -3.64. The molecule has 0 saturated carbocycles. The van der Waals surface area contributed by atoms with Gasteiger partial charge in [-0.15, -0.1) is 0 Å². The average Bonchev–Trinajstić information content (AvgIpc) is 2.61. The van der Waals surface area contributed by atoms with E-state index in [0.717, 1.165) is 37.5 Å². The summed E-state index contributed by atoms with van der Waals surface area (Å²) in [6.45, 7) is 7.52. The van der Waals surface area contributed by atoms with Gasteiger partial charge in [-0.25, -0.2) is 8.42 Å². The van der Waals surface area contributed by atoms with Gasteiger partial charge in [0.05, 0.1) is 18.0 Å². The zero-order valence-corrected chi connectivity index (χ0v) is 20.2. The van der Waals surface area contributed by atoms with Gasteiger partial charge in [-0.1, -0.05) is 33.6 Å². The third-order valence-corrected chi connectivity index (χ3v) is 7.11. The van der Waals surface area contributed by atoms with Crippen LogP contribution in [0.1, 0.15) is 43.0 Å². The van der Waals surface area contributed by atoms with Crippen LogP contribution in [0.25, 0.3) is 0 Å². The number of hydrogen-bond acceptors (Lipinski definition) is 4. The van der Waals surface area contributed by atoms with Crippen LogP contribution >= 0.6 is 15.9 Å². The van der Waals surface area contributed by atoms with Crippen LogP contribution in [0, 0.1) is 13.8 Å². The highest BCUT2D eigenvalue weighted by Crippen LogP contribution is 2.39. The maximum atomic E-state index is 12.9. The Kier molecular flexibility index (Phi) is 6.20. The number of fused-ring (bicyclic) bond motifs is 1. The molecule has 2 aromatic rings. The van der Waals surface area contributed by atoms with Gasteiger partial charge in [-0.3, -0.25) is 9.10 Å². The molecular formula is C22H27BrN2O4S. The Morgan fingerprint density at radius 2 is 1.93 bits per heavy atom. The van der Waals surface area contributed by atoms with Gasteiger partial charge in [0.25, 0.3) is 0 Å². The third-order valence-electron chi connectivity index (χ3n) is 5.07. The lowest BCUT2D eigenvalue weighted by molar-refractivity contribution is -0.120. The van der Waals surface area contributed by atoms with Crippen molar-refractivity contribution in [2.75, 3.05) is 17.1 Å². The summed E-state index contributed by atoms with van der Waals surface area (Å²) >= 11 is 3.42. The van der Waals surface area contributed by atoms with Crippen molar-refractivity contribution in [3.05, 3.63) is 57.6 Å². The molecule has 0 aliphatic carbocycles. The molecule has 0 saturated heterocycles. The number of ether oxygens (including phenoxy) is 1. The molecule has 30 heavy (non-hydrogen) atoms. The minimum absolute atomic E-state index is 0.260. The molecule has 162 valence electrons. The monoisotopic (exact) mass is 494 g/mol. The summed E-state index contributed by atoms with van der Waals surface area (Å²) < 4.78 is 32.9. The van der Waals surface area contributed by atoms with Crippen LogP contribution in [0.2, 0.25) is 0 Å². The molecule has 2 aromatic carbocycles. The van der Waals surface area contributed by atoms with Crippen LogP contribution in [0.15, 0.2) is 40.9 Å². The fourth-order valence-electron chi connectivity index (χ4n) is 3.66. The van der Waals surface area contributed by atoms with Gasteiger partial charge < -0.3 is 10.1 Å². The lowest BCUT2D eigenvalue weighted by Gasteiger charge is -2.38. The fourth-order valence-corrected chi connectivity index (χ4v) is 4.75. The Bertz CT molecular complexity index is 1080. The summed E-state index contributed by atoms with van der Waals surface area (Å²) in [5, 5.41) is 3.02. The molecule has 1 unspecified atom stereocenters. The molecule has 0 spiro atoms. The fraction of sp³-hybridized carbons (Fsp3) is 0.409. The third kappa shape index (κ3) is 5.16. The van der Waals surface area contributed by atoms with Crippen molar-refractivity contribution in [1.82, 2.24) is 5.32 Å². The molecule has 1 heterocycles. The molecule has 1 N–H and O–H groups in total. The number of sulfonamides is 1. The summed E-state index contributed by atoms with van der Waals surface area (Å²) in [6.07, 6.45) is 1.69. The molecule has 1 atom stereocenters. The van der Waals surface area contributed by atoms with Crippen LogP contribution in [0.3, 0.4) is 0 Å². The van der Waals surface area contributed by atoms with Crippen LogP contribution in [-0.2, 0) is 14.8 Å². The minimum atomic E-state index is -3.64. The summed E-state index contributed by atoms with van der Waals surface area (Å²) in [4.78, 5) is 12.9. The topological polar surface area (TPSA) is 75.7 Å². The van der Waals surface area contributed by atoms with E-state index in [0.29, 0.717) is 12.1 Å². The molecule has 6 nitrogen and oxygen atoms in total. The number of carbonyl (C=O) groups excluding carboxylic acids is 1. The van der Waals surface area contributed by atoms with Gasteiger partial charge >= 0.3 is 0 Å². The Labute approximate surface area is 186 Å². The number of rotatable bonds is 5. The van der Waals surface area contributed by atoms with Crippen LogP contribution in [0.4, 0.5) is 5.69 Å². The number of amides is 1. The largest absolute Gasteiger partial charge is 0.487 e. The minimum Gasteiger partial charge on any atom is -0.487 e. The number of aryl methyl sites for hydroxylation is 2. The Morgan fingerprint density at radius 3 is 2.57 bits per heavy atom. The van der Waals surface area contributed by atoms with Crippen molar-refractivity contribution >= 4 is 37.5 Å². The highest BCUT2D eigenvalue weighted by atomic mass is 79.9. The highest BCUT2D eigenvalue weighted by Gasteiger charge is 2.35. The van der Waals surface area contributed by atoms with Gasteiger partial charge in [0.15, 0.2) is 0 Å². The SMILES string of the molecule is Cc1ccc2c(c1)C(NC(=O)CN(c1ccc(Br)c(C)c1)S(C)(=O)=O)CC(C)(C)O2. The Balaban J connectivity index is 1.86. The number of anilines is 1. The van der Waals surface area contributed by atoms with E-state index >= 15 is 0 Å². The zero-order valence-electron chi connectivity index (χ0n) is 17.8. The van der Waals surface area contributed by atoms with Crippen molar-refractivity contribution in [3.8, 4) is 5.75 Å². The number of halogens is 1. The summed E-state index contributed by atoms with van der Waals surface area (Å²) in [6, 6.07) is 10.8. The van der Waals surface area contributed by atoms with Gasteiger partial charge in [-0.2, -0.15) is 0 Å². The average molecular weight is 495 g/mol. The van der Waals surface area contributed by atoms with Crippen molar-refractivity contribution in [3.63, 3.8) is 0 Å².